The van der Waals surface area contributed by atoms with Crippen LogP contribution in [0.3, 0.4) is 0 Å². The maximum absolute atomic E-state index is 11.4. The molecule has 4 heteroatoms. The molecule has 0 aromatic heterocycles. The Morgan fingerprint density at radius 2 is 2.36 bits per heavy atom. The van der Waals surface area contributed by atoms with E-state index in [9.17, 15) is 4.79 Å². The number of hydrogen-bond donors (Lipinski definition) is 1. The minimum absolute atomic E-state index is 0.0436. The highest BCUT2D eigenvalue weighted by Gasteiger charge is 2.22. The molecule has 1 amide bonds. The molecule has 1 heterocycles. The van der Waals surface area contributed by atoms with Gasteiger partial charge in [-0.15, -0.1) is 0 Å². The first-order valence-corrected chi connectivity index (χ1v) is 5.17. The number of likely N-dealkylation sites (tertiary alicyclic amines) is 1. The van der Waals surface area contributed by atoms with E-state index < -0.39 is 0 Å². The predicted molar refractivity (Wildman–Crippen MR) is 54.9 cm³/mol. The lowest BCUT2D eigenvalue weighted by molar-refractivity contribution is -0.131. The summed E-state index contributed by atoms with van der Waals surface area (Å²) >= 11 is 0. The first-order valence-electron chi connectivity index (χ1n) is 5.17. The van der Waals surface area contributed by atoms with E-state index in [2.05, 4.69) is 11.9 Å². The molecule has 1 rings (SSSR count). The van der Waals surface area contributed by atoms with Gasteiger partial charge in [-0.25, -0.2) is 0 Å². The van der Waals surface area contributed by atoms with Crippen molar-refractivity contribution < 1.29 is 9.90 Å². The molecular formula is C10H20N2O2. The van der Waals surface area contributed by atoms with Crippen LogP contribution in [0.1, 0.15) is 12.8 Å². The van der Waals surface area contributed by atoms with E-state index in [1.54, 1.807) is 4.90 Å². The number of amides is 1. The minimum atomic E-state index is -0.0479. The summed E-state index contributed by atoms with van der Waals surface area (Å²) in [5.41, 5.74) is 0. The van der Waals surface area contributed by atoms with Crippen LogP contribution in [0, 0.1) is 5.92 Å². The average molecular weight is 200 g/mol. The molecule has 0 aromatic carbocycles. The summed E-state index contributed by atoms with van der Waals surface area (Å²) in [5.74, 6) is 0.648. The number of carbonyl (C=O) groups excluding carboxylic acids is 1. The van der Waals surface area contributed by atoms with E-state index >= 15 is 0 Å². The van der Waals surface area contributed by atoms with Crippen molar-refractivity contribution in [3.8, 4) is 0 Å². The zero-order chi connectivity index (χ0) is 10.6. The van der Waals surface area contributed by atoms with Gasteiger partial charge in [0.1, 0.15) is 0 Å². The third kappa shape index (κ3) is 3.27. The van der Waals surface area contributed by atoms with E-state index in [0.717, 1.165) is 19.6 Å². The molecule has 1 fully saturated rings. The standard InChI is InChI=1S/C10H20N2O2/c1-11-5-3-9(7-11)8-12(2)10(14)4-6-13/h9,13H,3-8H2,1-2H3. The van der Waals surface area contributed by atoms with Gasteiger partial charge in [0.05, 0.1) is 6.61 Å². The number of rotatable bonds is 4. The molecule has 0 aromatic rings. The molecule has 1 unspecified atom stereocenters. The summed E-state index contributed by atoms with van der Waals surface area (Å²) in [6, 6.07) is 0. The lowest BCUT2D eigenvalue weighted by atomic mass is 10.1. The van der Waals surface area contributed by atoms with Crippen LogP contribution in [0.5, 0.6) is 0 Å². The van der Waals surface area contributed by atoms with Gasteiger partial charge >= 0.3 is 0 Å². The second-order valence-electron chi connectivity index (χ2n) is 4.16. The van der Waals surface area contributed by atoms with Gasteiger partial charge < -0.3 is 14.9 Å². The zero-order valence-corrected chi connectivity index (χ0v) is 9.07. The highest BCUT2D eigenvalue weighted by Crippen LogP contribution is 2.15. The number of aliphatic hydroxyl groups excluding tert-OH is 1. The van der Waals surface area contributed by atoms with Gasteiger partial charge in [0.25, 0.3) is 0 Å². The molecule has 14 heavy (non-hydrogen) atoms. The van der Waals surface area contributed by atoms with Crippen LogP contribution >= 0.6 is 0 Å². The van der Waals surface area contributed by atoms with Crippen LogP contribution < -0.4 is 0 Å². The monoisotopic (exact) mass is 200 g/mol. The van der Waals surface area contributed by atoms with Crippen molar-refractivity contribution in [1.29, 1.82) is 0 Å². The summed E-state index contributed by atoms with van der Waals surface area (Å²) in [5, 5.41) is 8.63. The Morgan fingerprint density at radius 3 is 2.86 bits per heavy atom. The molecule has 1 N–H and O–H groups in total. The topological polar surface area (TPSA) is 43.8 Å². The van der Waals surface area contributed by atoms with Crippen LogP contribution in [-0.4, -0.2) is 61.2 Å². The first kappa shape index (κ1) is 11.5. The molecule has 0 radical (unpaired) electrons. The molecule has 82 valence electrons. The number of nitrogens with zero attached hydrogens (tertiary/aromatic N) is 2. The predicted octanol–water partition coefficient (Wildman–Crippen LogP) is -0.221. The Bertz CT molecular complexity index is 197. The fourth-order valence-electron chi connectivity index (χ4n) is 1.95. The third-order valence-corrected chi connectivity index (χ3v) is 2.77. The third-order valence-electron chi connectivity index (χ3n) is 2.77. The van der Waals surface area contributed by atoms with Crippen LogP contribution in [0.15, 0.2) is 0 Å². The lowest BCUT2D eigenvalue weighted by Gasteiger charge is -2.20. The highest BCUT2D eigenvalue weighted by atomic mass is 16.3. The average Bonchev–Trinajstić information content (AvgIpc) is 2.51. The molecule has 1 atom stereocenters. The van der Waals surface area contributed by atoms with E-state index in [4.69, 9.17) is 5.11 Å². The van der Waals surface area contributed by atoms with Crippen molar-refractivity contribution in [1.82, 2.24) is 9.80 Å². The largest absolute Gasteiger partial charge is 0.396 e. The summed E-state index contributed by atoms with van der Waals surface area (Å²) in [6.07, 6.45) is 1.42. The van der Waals surface area contributed by atoms with Gasteiger partial charge in [0.15, 0.2) is 0 Å². The SMILES string of the molecule is CN1CCC(CN(C)C(=O)CCO)C1. The minimum Gasteiger partial charge on any atom is -0.396 e. The zero-order valence-electron chi connectivity index (χ0n) is 9.07. The van der Waals surface area contributed by atoms with Gasteiger partial charge in [0, 0.05) is 26.6 Å². The molecule has 1 saturated heterocycles. The number of hydrogen-bond acceptors (Lipinski definition) is 3. The molecule has 1 aliphatic heterocycles. The van der Waals surface area contributed by atoms with Crippen LogP contribution in [-0.2, 0) is 4.79 Å². The van der Waals surface area contributed by atoms with Gasteiger partial charge in [-0.1, -0.05) is 0 Å². The summed E-state index contributed by atoms with van der Waals surface area (Å²) in [4.78, 5) is 15.4. The van der Waals surface area contributed by atoms with E-state index in [-0.39, 0.29) is 18.9 Å². The summed E-state index contributed by atoms with van der Waals surface area (Å²) < 4.78 is 0. The van der Waals surface area contributed by atoms with Crippen molar-refractivity contribution in [2.24, 2.45) is 5.92 Å². The Kier molecular flexibility index (Phi) is 4.35. The smallest absolute Gasteiger partial charge is 0.224 e. The van der Waals surface area contributed by atoms with Crippen LogP contribution in [0.4, 0.5) is 0 Å². The second-order valence-corrected chi connectivity index (χ2v) is 4.16. The molecule has 0 aliphatic carbocycles. The van der Waals surface area contributed by atoms with E-state index in [1.807, 2.05) is 7.05 Å². The fraction of sp³-hybridized carbons (Fsp3) is 0.900. The highest BCUT2D eigenvalue weighted by molar-refractivity contribution is 5.75. The van der Waals surface area contributed by atoms with Crippen molar-refractivity contribution in [3.63, 3.8) is 0 Å². The Labute approximate surface area is 85.5 Å². The van der Waals surface area contributed by atoms with Gasteiger partial charge in [-0.05, 0) is 25.9 Å². The Hall–Kier alpha value is -0.610. The first-order chi connectivity index (χ1) is 6.63. The number of carbonyl (C=O) groups is 1. The van der Waals surface area contributed by atoms with Crippen molar-refractivity contribution >= 4 is 5.91 Å². The maximum Gasteiger partial charge on any atom is 0.224 e. The van der Waals surface area contributed by atoms with Gasteiger partial charge in [0.2, 0.25) is 5.91 Å². The van der Waals surface area contributed by atoms with Crippen LogP contribution in [0.25, 0.3) is 0 Å². The van der Waals surface area contributed by atoms with Gasteiger partial charge in [-0.3, -0.25) is 4.79 Å². The molecule has 1 aliphatic rings. The molecule has 0 saturated carbocycles. The molecule has 4 nitrogen and oxygen atoms in total. The Morgan fingerprint density at radius 1 is 1.64 bits per heavy atom. The molecule has 0 bridgehead atoms. The second kappa shape index (κ2) is 5.32. The normalized spacial score (nSPS) is 22.6. The van der Waals surface area contributed by atoms with Crippen LogP contribution in [0.2, 0.25) is 0 Å². The van der Waals surface area contributed by atoms with Crippen molar-refractivity contribution in [2.75, 3.05) is 40.3 Å². The number of aliphatic hydroxyl groups is 1. The summed E-state index contributed by atoms with van der Waals surface area (Å²) in [6.45, 7) is 2.99. The fourth-order valence-corrected chi connectivity index (χ4v) is 1.95. The Balaban J connectivity index is 2.26. The van der Waals surface area contributed by atoms with E-state index in [0.29, 0.717) is 5.92 Å². The van der Waals surface area contributed by atoms with Gasteiger partial charge in [-0.2, -0.15) is 0 Å². The van der Waals surface area contributed by atoms with Crippen molar-refractivity contribution in [2.45, 2.75) is 12.8 Å². The lowest BCUT2D eigenvalue weighted by Crippen LogP contribution is -2.33. The molecule has 0 spiro atoms. The summed E-state index contributed by atoms with van der Waals surface area (Å²) in [7, 11) is 3.92. The molecular weight excluding hydrogens is 180 g/mol. The van der Waals surface area contributed by atoms with E-state index in [1.165, 1.54) is 6.42 Å². The quantitative estimate of drug-likeness (QED) is 0.682. The maximum atomic E-state index is 11.4. The van der Waals surface area contributed by atoms with Crippen molar-refractivity contribution in [3.05, 3.63) is 0 Å².